The highest BCUT2D eigenvalue weighted by molar-refractivity contribution is 7.98. The first-order valence-corrected chi connectivity index (χ1v) is 10.4. The lowest BCUT2D eigenvalue weighted by molar-refractivity contribution is -0.917. The molecule has 0 atom stereocenters. The van der Waals surface area contributed by atoms with Crippen LogP contribution in [-0.4, -0.2) is 49.8 Å². The van der Waals surface area contributed by atoms with Gasteiger partial charge in [0, 0.05) is 15.5 Å². The van der Waals surface area contributed by atoms with E-state index in [1.165, 1.54) is 15.4 Å². The third kappa shape index (κ3) is 5.40. The molecule has 0 radical (unpaired) electrons. The molecule has 1 N–H and O–H groups in total. The van der Waals surface area contributed by atoms with Crippen LogP contribution in [0.3, 0.4) is 0 Å². The van der Waals surface area contributed by atoms with Gasteiger partial charge in [-0.1, -0.05) is 23.7 Å². The van der Waals surface area contributed by atoms with Crippen molar-refractivity contribution in [3.8, 4) is 5.75 Å². The van der Waals surface area contributed by atoms with Crippen LogP contribution in [0.4, 0.5) is 0 Å². The summed E-state index contributed by atoms with van der Waals surface area (Å²) in [6.07, 6.45) is 2.09. The highest BCUT2D eigenvalue weighted by atomic mass is 35.5. The van der Waals surface area contributed by atoms with Crippen LogP contribution in [0.5, 0.6) is 5.75 Å². The SMILES string of the molecule is CSc1ccc(C[NH+]2CCN(C(=O)COc3ccc(Cl)cc3)CC2)cc1. The molecule has 0 spiro atoms. The summed E-state index contributed by atoms with van der Waals surface area (Å²) in [7, 11) is 0. The Balaban J connectivity index is 1.42. The molecule has 2 aromatic rings. The van der Waals surface area contributed by atoms with Crippen LogP contribution >= 0.6 is 23.4 Å². The second kappa shape index (κ2) is 9.31. The van der Waals surface area contributed by atoms with Gasteiger partial charge in [0.1, 0.15) is 12.3 Å². The molecule has 1 fully saturated rings. The van der Waals surface area contributed by atoms with Crippen molar-refractivity contribution in [1.82, 2.24) is 4.90 Å². The minimum atomic E-state index is 0.0447. The Kier molecular flexibility index (Phi) is 6.83. The van der Waals surface area contributed by atoms with E-state index >= 15 is 0 Å². The largest absolute Gasteiger partial charge is 0.484 e. The number of halogens is 1. The maximum Gasteiger partial charge on any atom is 0.260 e. The number of piperazine rings is 1. The summed E-state index contributed by atoms with van der Waals surface area (Å²) in [6.45, 7) is 4.58. The van der Waals surface area contributed by atoms with Crippen molar-refractivity contribution in [3.05, 3.63) is 59.1 Å². The van der Waals surface area contributed by atoms with Gasteiger partial charge >= 0.3 is 0 Å². The molecule has 6 heteroatoms. The Morgan fingerprint density at radius 3 is 2.38 bits per heavy atom. The van der Waals surface area contributed by atoms with Gasteiger partial charge in [0.25, 0.3) is 5.91 Å². The number of hydrogen-bond acceptors (Lipinski definition) is 3. The second-order valence-electron chi connectivity index (χ2n) is 6.40. The molecule has 3 rings (SSSR count). The first-order valence-electron chi connectivity index (χ1n) is 8.76. The Morgan fingerprint density at radius 1 is 1.12 bits per heavy atom. The van der Waals surface area contributed by atoms with E-state index in [9.17, 15) is 4.79 Å². The van der Waals surface area contributed by atoms with E-state index in [1.807, 2.05) is 4.90 Å². The summed E-state index contributed by atoms with van der Waals surface area (Å²) in [4.78, 5) is 17.0. The van der Waals surface area contributed by atoms with Gasteiger partial charge in [0.05, 0.1) is 26.2 Å². The van der Waals surface area contributed by atoms with Crippen molar-refractivity contribution in [3.63, 3.8) is 0 Å². The summed E-state index contributed by atoms with van der Waals surface area (Å²) in [6, 6.07) is 15.8. The fourth-order valence-corrected chi connectivity index (χ4v) is 3.58. The molecule has 0 unspecified atom stereocenters. The number of nitrogens with one attached hydrogen (secondary N) is 1. The third-order valence-electron chi connectivity index (χ3n) is 4.61. The van der Waals surface area contributed by atoms with Gasteiger partial charge in [-0.15, -0.1) is 11.8 Å². The summed E-state index contributed by atoms with van der Waals surface area (Å²) < 4.78 is 5.56. The van der Waals surface area contributed by atoms with E-state index in [0.717, 1.165) is 32.7 Å². The summed E-state index contributed by atoms with van der Waals surface area (Å²) in [5.41, 5.74) is 1.35. The van der Waals surface area contributed by atoms with Crippen LogP contribution < -0.4 is 9.64 Å². The molecule has 0 saturated carbocycles. The second-order valence-corrected chi connectivity index (χ2v) is 7.71. The predicted octanol–water partition coefficient (Wildman–Crippen LogP) is 2.37. The number of benzene rings is 2. The summed E-state index contributed by atoms with van der Waals surface area (Å²) in [5.74, 6) is 0.712. The molecule has 2 aromatic carbocycles. The fourth-order valence-electron chi connectivity index (χ4n) is 3.05. The molecular formula is C20H24ClN2O2S+. The Labute approximate surface area is 164 Å². The first-order chi connectivity index (χ1) is 12.6. The average molecular weight is 392 g/mol. The predicted molar refractivity (Wildman–Crippen MR) is 106 cm³/mol. The van der Waals surface area contributed by atoms with Gasteiger partial charge < -0.3 is 14.5 Å². The summed E-state index contributed by atoms with van der Waals surface area (Å²) >= 11 is 7.61. The maximum absolute atomic E-state index is 12.3. The van der Waals surface area contributed by atoms with Gasteiger partial charge in [0.2, 0.25) is 0 Å². The molecule has 1 heterocycles. The van der Waals surface area contributed by atoms with E-state index in [4.69, 9.17) is 16.3 Å². The van der Waals surface area contributed by atoms with Crippen LogP contribution in [0.15, 0.2) is 53.4 Å². The molecule has 0 bridgehead atoms. The Bertz CT molecular complexity index is 714. The van der Waals surface area contributed by atoms with E-state index in [0.29, 0.717) is 10.8 Å². The fraction of sp³-hybridized carbons (Fsp3) is 0.350. The number of nitrogens with zero attached hydrogens (tertiary/aromatic N) is 1. The highest BCUT2D eigenvalue weighted by Crippen LogP contribution is 2.16. The van der Waals surface area contributed by atoms with Crippen LogP contribution in [-0.2, 0) is 11.3 Å². The van der Waals surface area contributed by atoms with E-state index in [-0.39, 0.29) is 12.5 Å². The van der Waals surface area contributed by atoms with Gasteiger partial charge in [-0.25, -0.2) is 0 Å². The number of carbonyl (C=O) groups is 1. The van der Waals surface area contributed by atoms with Crippen LogP contribution in [0.2, 0.25) is 5.02 Å². The summed E-state index contributed by atoms with van der Waals surface area (Å²) in [5, 5.41) is 0.658. The van der Waals surface area contributed by atoms with Crippen LogP contribution in [0, 0.1) is 0 Å². The number of amides is 1. The number of quaternary nitrogens is 1. The topological polar surface area (TPSA) is 34.0 Å². The molecule has 1 saturated heterocycles. The average Bonchev–Trinajstić information content (AvgIpc) is 2.68. The van der Waals surface area contributed by atoms with Crippen LogP contribution in [0.1, 0.15) is 5.56 Å². The first kappa shape index (κ1) is 19.1. The molecule has 1 aliphatic rings. The zero-order chi connectivity index (χ0) is 18.4. The van der Waals surface area contributed by atoms with Gasteiger partial charge in [0.15, 0.2) is 6.61 Å². The lowest BCUT2D eigenvalue weighted by atomic mass is 10.2. The van der Waals surface area contributed by atoms with Crippen molar-refractivity contribution in [1.29, 1.82) is 0 Å². The third-order valence-corrected chi connectivity index (χ3v) is 5.61. The normalized spacial score (nSPS) is 15.1. The zero-order valence-corrected chi connectivity index (χ0v) is 16.5. The van der Waals surface area contributed by atoms with Crippen LogP contribution in [0.25, 0.3) is 0 Å². The highest BCUT2D eigenvalue weighted by Gasteiger charge is 2.24. The minimum absolute atomic E-state index is 0.0447. The van der Waals surface area contributed by atoms with Crippen molar-refractivity contribution >= 4 is 29.3 Å². The van der Waals surface area contributed by atoms with Crippen molar-refractivity contribution in [2.24, 2.45) is 0 Å². The van der Waals surface area contributed by atoms with Gasteiger partial charge in [-0.2, -0.15) is 0 Å². The number of carbonyl (C=O) groups excluding carboxylic acids is 1. The van der Waals surface area contributed by atoms with Gasteiger partial charge in [-0.05, 0) is 42.7 Å². The minimum Gasteiger partial charge on any atom is -0.484 e. The molecule has 4 nitrogen and oxygen atoms in total. The van der Waals surface area contributed by atoms with E-state index in [2.05, 4.69) is 30.5 Å². The molecular weight excluding hydrogens is 368 g/mol. The molecule has 1 aliphatic heterocycles. The number of ether oxygens (including phenoxy) is 1. The van der Waals surface area contributed by atoms with E-state index < -0.39 is 0 Å². The van der Waals surface area contributed by atoms with E-state index in [1.54, 1.807) is 36.0 Å². The Hall–Kier alpha value is -1.69. The number of thioether (sulfide) groups is 1. The number of hydrogen-bond donors (Lipinski definition) is 1. The molecule has 26 heavy (non-hydrogen) atoms. The molecule has 0 aromatic heterocycles. The maximum atomic E-state index is 12.3. The number of rotatable bonds is 6. The van der Waals surface area contributed by atoms with Crippen molar-refractivity contribution in [2.75, 3.05) is 39.0 Å². The monoisotopic (exact) mass is 391 g/mol. The zero-order valence-electron chi connectivity index (χ0n) is 14.9. The molecule has 1 amide bonds. The molecule has 0 aliphatic carbocycles. The van der Waals surface area contributed by atoms with Crippen molar-refractivity contribution < 1.29 is 14.4 Å². The van der Waals surface area contributed by atoms with Gasteiger partial charge in [-0.3, -0.25) is 4.79 Å². The standard InChI is InChI=1S/C20H23ClN2O2S/c1-26-19-8-2-16(3-9-19)14-22-10-12-23(13-11-22)20(24)15-25-18-6-4-17(21)5-7-18/h2-9H,10-15H2,1H3/p+1. The molecule has 138 valence electrons. The Morgan fingerprint density at radius 2 is 1.77 bits per heavy atom. The lowest BCUT2D eigenvalue weighted by Gasteiger charge is -2.32. The lowest BCUT2D eigenvalue weighted by Crippen LogP contribution is -3.13. The van der Waals surface area contributed by atoms with Crippen molar-refractivity contribution in [2.45, 2.75) is 11.4 Å². The quantitative estimate of drug-likeness (QED) is 0.767. The smallest absolute Gasteiger partial charge is 0.260 e.